The van der Waals surface area contributed by atoms with Crippen LogP contribution in [0, 0.1) is 5.82 Å². The number of hydrogen-bond acceptors (Lipinski definition) is 3. The summed E-state index contributed by atoms with van der Waals surface area (Å²) in [6.45, 7) is 3.13. The Balaban J connectivity index is 2.25. The van der Waals surface area contributed by atoms with Crippen LogP contribution in [0.1, 0.15) is 30.9 Å². The first-order valence-electron chi connectivity index (χ1n) is 8.91. The summed E-state index contributed by atoms with van der Waals surface area (Å²) in [5.41, 5.74) is -0.453. The fourth-order valence-corrected chi connectivity index (χ4v) is 3.39. The lowest BCUT2D eigenvalue weighted by Crippen LogP contribution is -2.39. The molecule has 0 spiro atoms. The van der Waals surface area contributed by atoms with Crippen molar-refractivity contribution in [2.45, 2.75) is 38.6 Å². The molecular formula is C21H19F4NO3. The van der Waals surface area contributed by atoms with Gasteiger partial charge in [-0.25, -0.2) is 9.18 Å². The molecule has 0 radical (unpaired) electrons. The van der Waals surface area contributed by atoms with Gasteiger partial charge in [0.1, 0.15) is 17.3 Å². The van der Waals surface area contributed by atoms with Crippen LogP contribution >= 0.6 is 0 Å². The first kappa shape index (κ1) is 20.7. The van der Waals surface area contributed by atoms with Gasteiger partial charge in [-0.15, -0.1) is 0 Å². The molecule has 29 heavy (non-hydrogen) atoms. The van der Waals surface area contributed by atoms with Gasteiger partial charge in [0.2, 0.25) is 5.88 Å². The number of alkyl halides is 3. The molecule has 2 aromatic rings. The molecule has 1 atom stereocenters. The van der Waals surface area contributed by atoms with Crippen LogP contribution in [0.2, 0.25) is 0 Å². The van der Waals surface area contributed by atoms with E-state index in [0.717, 1.165) is 0 Å². The van der Waals surface area contributed by atoms with Crippen molar-refractivity contribution in [1.82, 2.24) is 0 Å². The van der Waals surface area contributed by atoms with E-state index in [2.05, 4.69) is 0 Å². The predicted octanol–water partition coefficient (Wildman–Crippen LogP) is 5.21. The van der Waals surface area contributed by atoms with E-state index >= 15 is 0 Å². The predicted molar refractivity (Wildman–Crippen MR) is 98.7 cm³/mol. The Labute approximate surface area is 165 Å². The van der Waals surface area contributed by atoms with Crippen molar-refractivity contribution < 1.29 is 32.2 Å². The fraction of sp³-hybridized carbons (Fsp3) is 0.286. The third kappa shape index (κ3) is 4.21. The number of aliphatic carboxylic acids is 1. The quantitative estimate of drug-likeness (QED) is 0.689. The van der Waals surface area contributed by atoms with E-state index in [1.807, 2.05) is 0 Å². The van der Waals surface area contributed by atoms with Gasteiger partial charge < -0.3 is 14.7 Å². The summed E-state index contributed by atoms with van der Waals surface area (Å²) in [5, 5.41) is 9.68. The molecule has 1 aliphatic rings. The van der Waals surface area contributed by atoms with Crippen molar-refractivity contribution in [1.29, 1.82) is 0 Å². The molecule has 1 heterocycles. The summed E-state index contributed by atoms with van der Waals surface area (Å²) in [4.78, 5) is 13.3. The largest absolute Gasteiger partial charge is 0.478 e. The van der Waals surface area contributed by atoms with Gasteiger partial charge in [0, 0.05) is 5.69 Å². The lowest BCUT2D eigenvalue weighted by molar-refractivity contribution is -0.153. The number of benzene rings is 2. The summed E-state index contributed by atoms with van der Waals surface area (Å²) in [6.07, 6.45) is -5.41. The zero-order valence-electron chi connectivity index (χ0n) is 15.7. The van der Waals surface area contributed by atoms with Crippen LogP contribution in [0.15, 0.2) is 60.0 Å². The van der Waals surface area contributed by atoms with Crippen LogP contribution in [-0.4, -0.2) is 23.4 Å². The summed E-state index contributed by atoms with van der Waals surface area (Å²) in [6, 6.07) is 11.3. The van der Waals surface area contributed by atoms with Crippen molar-refractivity contribution in [3.63, 3.8) is 0 Å². The average Bonchev–Trinajstić information content (AvgIpc) is 2.61. The number of nitrogens with zero attached hydrogens (tertiary/aromatic N) is 1. The topological polar surface area (TPSA) is 49.8 Å². The molecule has 2 aromatic carbocycles. The Kier molecular flexibility index (Phi) is 5.55. The van der Waals surface area contributed by atoms with E-state index in [1.54, 1.807) is 26.0 Å². The Morgan fingerprint density at radius 1 is 1.17 bits per heavy atom. The summed E-state index contributed by atoms with van der Waals surface area (Å²) < 4.78 is 61.0. The van der Waals surface area contributed by atoms with Gasteiger partial charge in [0.05, 0.1) is 12.6 Å². The fourth-order valence-electron chi connectivity index (χ4n) is 3.39. The summed E-state index contributed by atoms with van der Waals surface area (Å²) >= 11 is 0. The van der Waals surface area contributed by atoms with Gasteiger partial charge in [0.25, 0.3) is 0 Å². The molecule has 1 unspecified atom stereocenters. The molecule has 4 nitrogen and oxygen atoms in total. The zero-order valence-corrected chi connectivity index (χ0v) is 15.7. The lowest BCUT2D eigenvalue weighted by atomic mass is 9.85. The standard InChI is InChI=1S/C21H19F4NO3/c1-12(2)29-19-17(20(27)28)18(21(23,24)25)15-8-3-4-9-16(15)26(19)11-13-6-5-7-14(22)10-13/h3-10,12,18H,11H2,1-2H3,(H,27,28). The minimum atomic E-state index is -4.83. The number of rotatable bonds is 5. The lowest BCUT2D eigenvalue weighted by Gasteiger charge is -2.38. The SMILES string of the molecule is CC(C)OC1=C(C(=O)O)C(C(F)(F)F)c2ccccc2N1Cc1cccc(F)c1. The molecule has 8 heteroatoms. The summed E-state index contributed by atoms with van der Waals surface area (Å²) in [7, 11) is 0. The highest BCUT2D eigenvalue weighted by molar-refractivity contribution is 5.92. The molecule has 0 fully saturated rings. The smallest absolute Gasteiger partial charge is 0.400 e. The maximum atomic E-state index is 13.9. The average molecular weight is 409 g/mol. The van der Waals surface area contributed by atoms with Crippen LogP contribution < -0.4 is 4.90 Å². The second-order valence-corrected chi connectivity index (χ2v) is 6.94. The number of carbonyl (C=O) groups is 1. The molecule has 0 bridgehead atoms. The van der Waals surface area contributed by atoms with E-state index in [9.17, 15) is 27.5 Å². The highest BCUT2D eigenvalue weighted by atomic mass is 19.4. The normalized spacial score (nSPS) is 16.8. The van der Waals surface area contributed by atoms with Crippen molar-refractivity contribution in [3.8, 4) is 0 Å². The third-order valence-electron chi connectivity index (χ3n) is 4.44. The summed E-state index contributed by atoms with van der Waals surface area (Å²) in [5.74, 6) is -4.96. The van der Waals surface area contributed by atoms with Gasteiger partial charge in [-0.05, 0) is 43.2 Å². The first-order valence-corrected chi connectivity index (χ1v) is 8.91. The number of carboxylic acids is 1. The number of para-hydroxylation sites is 1. The van der Waals surface area contributed by atoms with E-state index in [0.29, 0.717) is 5.56 Å². The van der Waals surface area contributed by atoms with Gasteiger partial charge in [-0.1, -0.05) is 30.3 Å². The van der Waals surface area contributed by atoms with E-state index in [-0.39, 0.29) is 17.8 Å². The van der Waals surface area contributed by atoms with Crippen LogP contribution in [0.25, 0.3) is 0 Å². The Bertz CT molecular complexity index is 953. The van der Waals surface area contributed by atoms with Gasteiger partial charge >= 0.3 is 12.1 Å². The number of halogens is 4. The molecule has 0 saturated carbocycles. The van der Waals surface area contributed by atoms with Crippen molar-refractivity contribution in [3.05, 3.63) is 76.9 Å². The van der Waals surface area contributed by atoms with Crippen molar-refractivity contribution >= 4 is 11.7 Å². The van der Waals surface area contributed by atoms with E-state index < -0.39 is 41.4 Å². The third-order valence-corrected chi connectivity index (χ3v) is 4.44. The number of ether oxygens (including phenoxy) is 1. The maximum absolute atomic E-state index is 13.9. The Morgan fingerprint density at radius 3 is 2.45 bits per heavy atom. The van der Waals surface area contributed by atoms with Crippen LogP contribution in [0.3, 0.4) is 0 Å². The highest BCUT2D eigenvalue weighted by Crippen LogP contribution is 2.50. The molecule has 0 amide bonds. The minimum absolute atomic E-state index is 0.0574. The van der Waals surface area contributed by atoms with Gasteiger partial charge in [-0.2, -0.15) is 13.2 Å². The molecule has 154 valence electrons. The second kappa shape index (κ2) is 7.77. The van der Waals surface area contributed by atoms with Crippen molar-refractivity contribution in [2.75, 3.05) is 4.90 Å². The molecule has 3 rings (SSSR count). The highest BCUT2D eigenvalue weighted by Gasteiger charge is 2.52. The number of carboxylic acid groups (broad SMARTS) is 1. The minimum Gasteiger partial charge on any atom is -0.478 e. The molecule has 1 N–H and O–H groups in total. The monoisotopic (exact) mass is 409 g/mol. The van der Waals surface area contributed by atoms with Gasteiger partial charge in [0.15, 0.2) is 0 Å². The van der Waals surface area contributed by atoms with Crippen LogP contribution in [-0.2, 0) is 16.1 Å². The Hall–Kier alpha value is -3.03. The van der Waals surface area contributed by atoms with Gasteiger partial charge in [-0.3, -0.25) is 0 Å². The molecule has 0 aromatic heterocycles. The number of fused-ring (bicyclic) bond motifs is 1. The van der Waals surface area contributed by atoms with E-state index in [4.69, 9.17) is 4.74 Å². The van der Waals surface area contributed by atoms with Crippen molar-refractivity contribution in [2.24, 2.45) is 0 Å². The number of hydrogen-bond donors (Lipinski definition) is 1. The second-order valence-electron chi connectivity index (χ2n) is 6.94. The first-order chi connectivity index (χ1) is 13.6. The van der Waals surface area contributed by atoms with Crippen LogP contribution in [0.4, 0.5) is 23.2 Å². The van der Waals surface area contributed by atoms with E-state index in [1.165, 1.54) is 41.3 Å². The molecule has 0 aliphatic carbocycles. The zero-order chi connectivity index (χ0) is 21.3. The molecule has 0 saturated heterocycles. The molecular weight excluding hydrogens is 390 g/mol. The Morgan fingerprint density at radius 2 is 1.86 bits per heavy atom. The van der Waals surface area contributed by atoms with Crippen LogP contribution in [0.5, 0.6) is 0 Å². The molecule has 1 aliphatic heterocycles. The number of anilines is 1. The maximum Gasteiger partial charge on any atom is 0.400 e.